The number of fused-ring (bicyclic) bond motifs is 2. The van der Waals surface area contributed by atoms with Crippen molar-refractivity contribution in [3.63, 3.8) is 0 Å². The van der Waals surface area contributed by atoms with Gasteiger partial charge in [0.15, 0.2) is 0 Å². The van der Waals surface area contributed by atoms with Crippen LogP contribution < -0.4 is 15.2 Å². The van der Waals surface area contributed by atoms with Crippen LogP contribution in [0.5, 0.6) is 11.5 Å². The van der Waals surface area contributed by atoms with E-state index in [4.69, 9.17) is 15.2 Å². The Morgan fingerprint density at radius 1 is 1.05 bits per heavy atom. The van der Waals surface area contributed by atoms with Crippen molar-refractivity contribution in [2.24, 2.45) is 5.73 Å². The lowest BCUT2D eigenvalue weighted by molar-refractivity contribution is 0.161. The molecule has 0 fully saturated rings. The molecular weight excluding hydrogens is 250 g/mol. The summed E-state index contributed by atoms with van der Waals surface area (Å²) in [5.41, 5.74) is 9.86. The van der Waals surface area contributed by atoms with Crippen LogP contribution in [0.4, 0.5) is 0 Å². The summed E-state index contributed by atoms with van der Waals surface area (Å²) < 4.78 is 11.7. The molecule has 0 spiro atoms. The van der Waals surface area contributed by atoms with Crippen molar-refractivity contribution in [3.8, 4) is 11.5 Å². The summed E-state index contributed by atoms with van der Waals surface area (Å²) in [4.78, 5) is 0. The van der Waals surface area contributed by atoms with Crippen LogP contribution >= 0.6 is 0 Å². The lowest BCUT2D eigenvalue weighted by Crippen LogP contribution is -2.24. The van der Waals surface area contributed by atoms with Gasteiger partial charge in [-0.05, 0) is 29.3 Å². The number of rotatable bonds is 1. The van der Waals surface area contributed by atoms with Crippen LogP contribution in [0, 0.1) is 0 Å². The molecule has 0 bridgehead atoms. The Hall–Kier alpha value is -2.00. The van der Waals surface area contributed by atoms with Crippen molar-refractivity contribution in [2.75, 3.05) is 6.61 Å². The van der Waals surface area contributed by atoms with E-state index in [1.165, 1.54) is 11.1 Å². The fourth-order valence-electron chi connectivity index (χ4n) is 3.06. The van der Waals surface area contributed by atoms with Crippen LogP contribution in [0.25, 0.3) is 0 Å². The van der Waals surface area contributed by atoms with E-state index in [9.17, 15) is 0 Å². The summed E-state index contributed by atoms with van der Waals surface area (Å²) >= 11 is 0. The third-order valence-electron chi connectivity index (χ3n) is 4.14. The molecule has 2 aromatic rings. The molecule has 0 amide bonds. The van der Waals surface area contributed by atoms with Gasteiger partial charge < -0.3 is 15.2 Å². The van der Waals surface area contributed by atoms with Crippen LogP contribution in [-0.2, 0) is 6.42 Å². The maximum Gasteiger partial charge on any atom is 0.126 e. The van der Waals surface area contributed by atoms with E-state index in [2.05, 4.69) is 12.1 Å². The second kappa shape index (κ2) is 4.53. The Bertz CT molecular complexity index is 653. The molecule has 0 aromatic heterocycles. The van der Waals surface area contributed by atoms with E-state index < -0.39 is 0 Å². The van der Waals surface area contributed by atoms with Gasteiger partial charge in [-0.15, -0.1) is 0 Å². The molecule has 0 saturated heterocycles. The van der Waals surface area contributed by atoms with Gasteiger partial charge in [0.1, 0.15) is 17.6 Å². The third-order valence-corrected chi connectivity index (χ3v) is 4.14. The summed E-state index contributed by atoms with van der Waals surface area (Å²) in [6.07, 6.45) is 1.83. The predicted octanol–water partition coefficient (Wildman–Crippen LogP) is 3.15. The molecule has 102 valence electrons. The van der Waals surface area contributed by atoms with Gasteiger partial charge in [0.05, 0.1) is 6.61 Å². The number of ether oxygens (including phenoxy) is 2. The van der Waals surface area contributed by atoms with Crippen LogP contribution in [-0.4, -0.2) is 6.61 Å². The molecule has 4 rings (SSSR count). The Labute approximate surface area is 118 Å². The van der Waals surface area contributed by atoms with Crippen LogP contribution in [0.15, 0.2) is 42.5 Å². The summed E-state index contributed by atoms with van der Waals surface area (Å²) in [7, 11) is 0. The van der Waals surface area contributed by atoms with Crippen molar-refractivity contribution >= 4 is 0 Å². The molecule has 2 aromatic carbocycles. The second-order valence-corrected chi connectivity index (χ2v) is 5.45. The van der Waals surface area contributed by atoms with Crippen molar-refractivity contribution in [1.82, 2.24) is 0 Å². The van der Waals surface area contributed by atoms with Crippen molar-refractivity contribution in [1.29, 1.82) is 0 Å². The molecule has 2 heterocycles. The Balaban J connectivity index is 1.68. The Morgan fingerprint density at radius 3 is 2.90 bits per heavy atom. The highest BCUT2D eigenvalue weighted by atomic mass is 16.5. The average molecular weight is 267 g/mol. The summed E-state index contributed by atoms with van der Waals surface area (Å²) in [5.74, 6) is 1.92. The number of nitrogens with two attached hydrogens (primary N) is 1. The van der Waals surface area contributed by atoms with E-state index in [-0.39, 0.29) is 12.1 Å². The standard InChI is InChI=1S/C17H17NO2/c18-14-10-17(20-16-4-2-1-3-13(14)16)11-5-6-15-12(9-11)7-8-19-15/h1-6,9,14,17H,7-8,10,18H2. The minimum atomic E-state index is 0.0331. The van der Waals surface area contributed by atoms with Gasteiger partial charge in [-0.3, -0.25) is 0 Å². The van der Waals surface area contributed by atoms with E-state index in [1.807, 2.05) is 30.3 Å². The lowest BCUT2D eigenvalue weighted by Gasteiger charge is -2.30. The Morgan fingerprint density at radius 2 is 1.95 bits per heavy atom. The van der Waals surface area contributed by atoms with E-state index in [0.29, 0.717) is 0 Å². The monoisotopic (exact) mass is 267 g/mol. The summed E-state index contributed by atoms with van der Waals surface area (Å²) in [5, 5.41) is 0. The first-order valence-corrected chi connectivity index (χ1v) is 7.08. The van der Waals surface area contributed by atoms with Gasteiger partial charge in [0.25, 0.3) is 0 Å². The number of hydrogen-bond donors (Lipinski definition) is 1. The normalized spacial score (nSPS) is 23.4. The molecule has 3 nitrogen and oxygen atoms in total. The van der Waals surface area contributed by atoms with Crippen molar-refractivity contribution in [2.45, 2.75) is 25.0 Å². The third kappa shape index (κ3) is 1.86. The molecule has 0 radical (unpaired) electrons. The molecule has 2 N–H and O–H groups in total. The first kappa shape index (κ1) is 11.8. The predicted molar refractivity (Wildman–Crippen MR) is 77.0 cm³/mol. The molecule has 0 saturated carbocycles. The molecule has 2 unspecified atom stereocenters. The molecular formula is C17H17NO2. The number of para-hydroxylation sites is 1. The maximum absolute atomic E-state index is 6.28. The first-order chi connectivity index (χ1) is 9.81. The van der Waals surface area contributed by atoms with E-state index in [1.54, 1.807) is 0 Å². The fourth-order valence-corrected chi connectivity index (χ4v) is 3.06. The number of hydrogen-bond acceptors (Lipinski definition) is 3. The molecule has 2 aliphatic heterocycles. The highest BCUT2D eigenvalue weighted by Crippen LogP contribution is 2.40. The molecule has 2 aliphatic rings. The second-order valence-electron chi connectivity index (χ2n) is 5.45. The van der Waals surface area contributed by atoms with E-state index >= 15 is 0 Å². The first-order valence-electron chi connectivity index (χ1n) is 7.08. The van der Waals surface area contributed by atoms with E-state index in [0.717, 1.165) is 36.5 Å². The minimum Gasteiger partial charge on any atom is -0.493 e. The molecule has 20 heavy (non-hydrogen) atoms. The highest BCUT2D eigenvalue weighted by Gasteiger charge is 2.27. The quantitative estimate of drug-likeness (QED) is 0.863. The zero-order valence-corrected chi connectivity index (χ0v) is 11.2. The van der Waals surface area contributed by atoms with Crippen molar-refractivity contribution < 1.29 is 9.47 Å². The van der Waals surface area contributed by atoms with Crippen LogP contribution in [0.1, 0.15) is 35.3 Å². The van der Waals surface area contributed by atoms with Gasteiger partial charge in [-0.25, -0.2) is 0 Å². The maximum atomic E-state index is 6.28. The van der Waals surface area contributed by atoms with Gasteiger partial charge in [0.2, 0.25) is 0 Å². The van der Waals surface area contributed by atoms with Gasteiger partial charge in [-0.1, -0.05) is 24.3 Å². The van der Waals surface area contributed by atoms with Crippen LogP contribution in [0.3, 0.4) is 0 Å². The SMILES string of the molecule is NC1CC(c2ccc3c(c2)CCO3)Oc2ccccc21. The lowest BCUT2D eigenvalue weighted by atomic mass is 9.93. The van der Waals surface area contributed by atoms with Crippen LogP contribution in [0.2, 0.25) is 0 Å². The smallest absolute Gasteiger partial charge is 0.126 e. The molecule has 3 heteroatoms. The van der Waals surface area contributed by atoms with Gasteiger partial charge in [0, 0.05) is 24.4 Å². The van der Waals surface area contributed by atoms with Crippen molar-refractivity contribution in [3.05, 3.63) is 59.2 Å². The summed E-state index contributed by atoms with van der Waals surface area (Å²) in [6.45, 7) is 0.784. The zero-order valence-electron chi connectivity index (χ0n) is 11.2. The fraction of sp³-hybridized carbons (Fsp3) is 0.294. The minimum absolute atomic E-state index is 0.0331. The molecule has 2 atom stereocenters. The number of benzene rings is 2. The van der Waals surface area contributed by atoms with Gasteiger partial charge >= 0.3 is 0 Å². The highest BCUT2D eigenvalue weighted by molar-refractivity contribution is 5.43. The summed E-state index contributed by atoms with van der Waals surface area (Å²) in [6, 6.07) is 14.4. The zero-order chi connectivity index (χ0) is 13.5. The molecule has 0 aliphatic carbocycles. The Kier molecular flexibility index (Phi) is 2.67. The largest absolute Gasteiger partial charge is 0.493 e. The average Bonchev–Trinajstić information content (AvgIpc) is 2.94. The topological polar surface area (TPSA) is 44.5 Å². The van der Waals surface area contributed by atoms with Gasteiger partial charge in [-0.2, -0.15) is 0 Å².